The second-order valence-electron chi connectivity index (χ2n) is 7.19. The number of piperazine rings is 1. The van der Waals surface area contributed by atoms with E-state index in [0.29, 0.717) is 17.9 Å². The standard InChI is InChI=1S/C21H24ClN3O3/c1-24-8-10-25(11-9-24)18-5-4-16(22)13-17(18)23-21(26)7-3-15-2-6-19-20(12-15)28-14-27-19/h2,4-6,12-13H,3,7-11,14H2,1H3,(H,23,26). The van der Waals surface area contributed by atoms with Crippen molar-refractivity contribution in [2.75, 3.05) is 50.2 Å². The normalized spacial score (nSPS) is 16.3. The van der Waals surface area contributed by atoms with Crippen LogP contribution in [0.15, 0.2) is 36.4 Å². The molecule has 2 heterocycles. The number of amides is 1. The van der Waals surface area contributed by atoms with Crippen molar-refractivity contribution in [3.63, 3.8) is 0 Å². The van der Waals surface area contributed by atoms with Crippen LogP contribution in [0.1, 0.15) is 12.0 Å². The molecule has 0 unspecified atom stereocenters. The molecule has 0 bridgehead atoms. The molecule has 7 heteroatoms. The summed E-state index contributed by atoms with van der Waals surface area (Å²) in [6.45, 7) is 4.11. The summed E-state index contributed by atoms with van der Waals surface area (Å²) in [6.07, 6.45) is 1.02. The molecular formula is C21H24ClN3O3. The number of hydrogen-bond donors (Lipinski definition) is 1. The van der Waals surface area contributed by atoms with Crippen molar-refractivity contribution >= 4 is 28.9 Å². The quantitative estimate of drug-likeness (QED) is 0.832. The van der Waals surface area contributed by atoms with E-state index in [-0.39, 0.29) is 12.7 Å². The maximum atomic E-state index is 12.6. The third-order valence-electron chi connectivity index (χ3n) is 5.15. The number of benzene rings is 2. The first-order valence-corrected chi connectivity index (χ1v) is 9.88. The first kappa shape index (κ1) is 18.9. The molecule has 1 saturated heterocycles. The molecule has 2 aromatic carbocycles. The van der Waals surface area contributed by atoms with Gasteiger partial charge in [-0.25, -0.2) is 0 Å². The van der Waals surface area contributed by atoms with Gasteiger partial charge in [-0.1, -0.05) is 17.7 Å². The highest BCUT2D eigenvalue weighted by Gasteiger charge is 2.19. The van der Waals surface area contributed by atoms with Crippen LogP contribution in [0.3, 0.4) is 0 Å². The Morgan fingerprint density at radius 2 is 1.86 bits per heavy atom. The minimum Gasteiger partial charge on any atom is -0.454 e. The van der Waals surface area contributed by atoms with Gasteiger partial charge in [-0.3, -0.25) is 4.79 Å². The number of aryl methyl sites for hydroxylation is 1. The van der Waals surface area contributed by atoms with Gasteiger partial charge >= 0.3 is 0 Å². The molecule has 2 aromatic rings. The fraction of sp³-hybridized carbons (Fsp3) is 0.381. The average molecular weight is 402 g/mol. The van der Waals surface area contributed by atoms with Gasteiger partial charge in [0, 0.05) is 37.6 Å². The van der Waals surface area contributed by atoms with Crippen molar-refractivity contribution in [2.45, 2.75) is 12.8 Å². The van der Waals surface area contributed by atoms with Crippen molar-refractivity contribution in [1.82, 2.24) is 4.90 Å². The average Bonchev–Trinajstić information content (AvgIpc) is 3.15. The van der Waals surface area contributed by atoms with E-state index in [1.807, 2.05) is 36.4 Å². The Hall–Kier alpha value is -2.44. The summed E-state index contributed by atoms with van der Waals surface area (Å²) < 4.78 is 10.7. The lowest BCUT2D eigenvalue weighted by molar-refractivity contribution is -0.116. The van der Waals surface area contributed by atoms with Gasteiger partial charge in [-0.15, -0.1) is 0 Å². The zero-order valence-electron chi connectivity index (χ0n) is 15.9. The lowest BCUT2D eigenvalue weighted by atomic mass is 10.1. The van der Waals surface area contributed by atoms with Crippen LogP contribution in [-0.4, -0.2) is 50.8 Å². The minimum absolute atomic E-state index is 0.0321. The highest BCUT2D eigenvalue weighted by atomic mass is 35.5. The fourth-order valence-electron chi connectivity index (χ4n) is 3.50. The molecule has 2 aliphatic rings. The van der Waals surface area contributed by atoms with Crippen LogP contribution in [0.4, 0.5) is 11.4 Å². The van der Waals surface area contributed by atoms with Crippen LogP contribution in [0.25, 0.3) is 0 Å². The van der Waals surface area contributed by atoms with Gasteiger partial charge in [-0.05, 0) is 49.4 Å². The van der Waals surface area contributed by atoms with E-state index < -0.39 is 0 Å². The number of hydrogen-bond acceptors (Lipinski definition) is 5. The van der Waals surface area contributed by atoms with Crippen LogP contribution < -0.4 is 19.7 Å². The van der Waals surface area contributed by atoms with Crippen molar-refractivity contribution < 1.29 is 14.3 Å². The third-order valence-corrected chi connectivity index (χ3v) is 5.39. The van der Waals surface area contributed by atoms with E-state index in [1.54, 1.807) is 0 Å². The molecule has 0 radical (unpaired) electrons. The maximum Gasteiger partial charge on any atom is 0.231 e. The molecule has 2 aliphatic heterocycles. The number of likely N-dealkylation sites (N-methyl/N-ethyl adjacent to an activating group) is 1. The minimum atomic E-state index is -0.0321. The number of anilines is 2. The van der Waals surface area contributed by atoms with Crippen LogP contribution >= 0.6 is 11.6 Å². The Bertz CT molecular complexity index is 866. The molecule has 1 amide bonds. The summed E-state index contributed by atoms with van der Waals surface area (Å²) in [5.41, 5.74) is 2.84. The third kappa shape index (κ3) is 4.34. The van der Waals surface area contributed by atoms with Gasteiger partial charge in [0.05, 0.1) is 11.4 Å². The second-order valence-corrected chi connectivity index (χ2v) is 7.62. The number of ether oxygens (including phenoxy) is 2. The Labute approximate surface area is 170 Å². The molecular weight excluding hydrogens is 378 g/mol. The Morgan fingerprint density at radius 1 is 1.07 bits per heavy atom. The molecule has 0 spiro atoms. The van der Waals surface area contributed by atoms with Crippen molar-refractivity contribution in [3.05, 3.63) is 47.0 Å². The molecule has 6 nitrogen and oxygen atoms in total. The van der Waals surface area contributed by atoms with Crippen LogP contribution in [-0.2, 0) is 11.2 Å². The smallest absolute Gasteiger partial charge is 0.231 e. The Morgan fingerprint density at radius 3 is 2.68 bits per heavy atom. The zero-order chi connectivity index (χ0) is 19.5. The number of fused-ring (bicyclic) bond motifs is 1. The fourth-order valence-corrected chi connectivity index (χ4v) is 3.67. The number of nitrogens with one attached hydrogen (secondary N) is 1. The summed E-state index contributed by atoms with van der Waals surface area (Å²) in [4.78, 5) is 17.2. The molecule has 1 N–H and O–H groups in total. The second kappa shape index (κ2) is 8.29. The van der Waals surface area contributed by atoms with Crippen LogP contribution in [0, 0.1) is 0 Å². The van der Waals surface area contributed by atoms with E-state index in [4.69, 9.17) is 21.1 Å². The molecule has 0 aromatic heterocycles. The zero-order valence-corrected chi connectivity index (χ0v) is 16.7. The summed E-state index contributed by atoms with van der Waals surface area (Å²) in [5.74, 6) is 1.46. The monoisotopic (exact) mass is 401 g/mol. The maximum absolute atomic E-state index is 12.6. The van der Waals surface area contributed by atoms with Gasteiger partial charge in [0.25, 0.3) is 0 Å². The summed E-state index contributed by atoms with van der Waals surface area (Å²) >= 11 is 6.19. The lowest BCUT2D eigenvalue weighted by Gasteiger charge is -2.35. The van der Waals surface area contributed by atoms with Crippen LogP contribution in [0.2, 0.25) is 5.02 Å². The largest absolute Gasteiger partial charge is 0.454 e. The van der Waals surface area contributed by atoms with Crippen LogP contribution in [0.5, 0.6) is 11.5 Å². The van der Waals surface area contributed by atoms with Gasteiger partial charge in [0.2, 0.25) is 12.7 Å². The number of carbonyl (C=O) groups excluding carboxylic acids is 1. The van der Waals surface area contributed by atoms with Gasteiger partial charge in [-0.2, -0.15) is 0 Å². The topological polar surface area (TPSA) is 54.0 Å². The van der Waals surface area contributed by atoms with E-state index >= 15 is 0 Å². The SMILES string of the molecule is CN1CCN(c2ccc(Cl)cc2NC(=O)CCc2ccc3c(c2)OCO3)CC1. The highest BCUT2D eigenvalue weighted by molar-refractivity contribution is 6.31. The molecule has 0 atom stereocenters. The number of carbonyl (C=O) groups is 1. The van der Waals surface area contributed by atoms with Gasteiger partial charge in [0.15, 0.2) is 11.5 Å². The predicted molar refractivity (Wildman–Crippen MR) is 111 cm³/mol. The predicted octanol–water partition coefficient (Wildman–Crippen LogP) is 3.39. The highest BCUT2D eigenvalue weighted by Crippen LogP contribution is 2.33. The molecule has 148 valence electrons. The first-order valence-electron chi connectivity index (χ1n) is 9.50. The van der Waals surface area contributed by atoms with E-state index in [0.717, 1.165) is 54.6 Å². The number of rotatable bonds is 5. The van der Waals surface area contributed by atoms with Crippen molar-refractivity contribution in [1.29, 1.82) is 0 Å². The number of halogens is 1. The van der Waals surface area contributed by atoms with E-state index in [2.05, 4.69) is 22.2 Å². The van der Waals surface area contributed by atoms with E-state index in [9.17, 15) is 4.79 Å². The Kier molecular flexibility index (Phi) is 5.59. The van der Waals surface area contributed by atoms with Gasteiger partial charge < -0.3 is 24.6 Å². The summed E-state index contributed by atoms with van der Waals surface area (Å²) in [7, 11) is 2.12. The molecule has 28 heavy (non-hydrogen) atoms. The first-order chi connectivity index (χ1) is 13.6. The summed E-state index contributed by atoms with van der Waals surface area (Å²) in [5, 5.41) is 3.66. The molecule has 4 rings (SSSR count). The van der Waals surface area contributed by atoms with E-state index in [1.165, 1.54) is 0 Å². The number of nitrogens with zero attached hydrogens (tertiary/aromatic N) is 2. The Balaban J connectivity index is 1.40. The van der Waals surface area contributed by atoms with Crippen molar-refractivity contribution in [3.8, 4) is 11.5 Å². The molecule has 1 fully saturated rings. The summed E-state index contributed by atoms with van der Waals surface area (Å²) in [6, 6.07) is 11.5. The molecule has 0 saturated carbocycles. The van der Waals surface area contributed by atoms with Crippen molar-refractivity contribution in [2.24, 2.45) is 0 Å². The molecule has 0 aliphatic carbocycles. The lowest BCUT2D eigenvalue weighted by Crippen LogP contribution is -2.44. The van der Waals surface area contributed by atoms with Gasteiger partial charge in [0.1, 0.15) is 0 Å².